The number of rotatable bonds is 16. The van der Waals surface area contributed by atoms with Crippen LogP contribution in [0.1, 0.15) is 17.0 Å². The van der Waals surface area contributed by atoms with Crippen molar-refractivity contribution < 1.29 is 41.7 Å². The van der Waals surface area contributed by atoms with E-state index in [4.69, 9.17) is 23.0 Å². The predicted molar refractivity (Wildman–Crippen MR) is 152 cm³/mol. The fraction of sp³-hybridized carbons (Fsp3) is 0.379. The first-order valence-electron chi connectivity index (χ1n) is 12.9. The van der Waals surface area contributed by atoms with E-state index in [1.165, 1.54) is 12.2 Å². The molecule has 3 rings (SSSR count). The van der Waals surface area contributed by atoms with E-state index in [2.05, 4.69) is 18.5 Å². The Balaban J connectivity index is 1.66. The Morgan fingerprint density at radius 2 is 1.52 bits per heavy atom. The summed E-state index contributed by atoms with van der Waals surface area (Å²) in [6.45, 7) is 6.97. The van der Waals surface area contributed by atoms with Gasteiger partial charge in [0.1, 0.15) is 26.4 Å². The number of hydrogen-bond acceptors (Lipinski definition) is 8. The summed E-state index contributed by atoms with van der Waals surface area (Å²) in [5.74, 6) is -0.988. The number of phosphoric acid groups is 1. The van der Waals surface area contributed by atoms with Gasteiger partial charge >= 0.3 is 19.9 Å². The number of ether oxygens (including phenoxy) is 2. The highest BCUT2D eigenvalue weighted by molar-refractivity contribution is 7.48. The topological polar surface area (TPSA) is 109 Å². The lowest BCUT2D eigenvalue weighted by Crippen LogP contribution is -2.45. The number of nitrogens with one attached hydrogen (secondary N) is 1. The minimum Gasteiger partial charge on any atom is -0.460 e. The first-order valence-corrected chi connectivity index (χ1v) is 14.4. The van der Waals surface area contributed by atoms with Gasteiger partial charge in [0.05, 0.1) is 34.4 Å². The van der Waals surface area contributed by atoms with Gasteiger partial charge in [-0.05, 0) is 22.3 Å². The summed E-state index contributed by atoms with van der Waals surface area (Å²) in [6, 6.07) is 14.5. The Labute approximate surface area is 235 Å². The molecule has 2 aromatic rings. The fourth-order valence-corrected chi connectivity index (χ4v) is 5.19. The van der Waals surface area contributed by atoms with E-state index in [1.807, 2.05) is 69.7 Å². The second kappa shape index (κ2) is 14.4. The van der Waals surface area contributed by atoms with Crippen LogP contribution in [0.15, 0.2) is 73.8 Å². The molecule has 0 saturated heterocycles. The molecule has 1 N–H and O–H groups in total. The smallest absolute Gasteiger partial charge is 0.460 e. The second-order valence-corrected chi connectivity index (χ2v) is 11.8. The van der Waals surface area contributed by atoms with Gasteiger partial charge in [0.25, 0.3) is 0 Å². The van der Waals surface area contributed by atoms with Crippen molar-refractivity contribution in [2.45, 2.75) is 12.0 Å². The molecule has 11 heteroatoms. The van der Waals surface area contributed by atoms with Crippen LogP contribution in [-0.2, 0) is 32.4 Å². The molecule has 0 bridgehead atoms. The van der Waals surface area contributed by atoms with Gasteiger partial charge < -0.3 is 19.3 Å². The third-order valence-corrected chi connectivity index (χ3v) is 7.45. The number of benzene rings is 2. The van der Waals surface area contributed by atoms with Gasteiger partial charge in [-0.2, -0.15) is 0 Å². The summed E-state index contributed by atoms with van der Waals surface area (Å²) in [5, 5.41) is 2.46. The zero-order valence-electron chi connectivity index (χ0n) is 23.2. The lowest BCUT2D eigenvalue weighted by molar-refractivity contribution is -0.870. The Morgan fingerprint density at radius 1 is 0.925 bits per heavy atom. The quantitative estimate of drug-likeness (QED) is 0.134. The molecule has 1 amide bonds. The first kappa shape index (κ1) is 31.3. The third kappa shape index (κ3) is 8.87. The van der Waals surface area contributed by atoms with Gasteiger partial charge in [0.2, 0.25) is 0 Å². The molecule has 0 saturated carbocycles. The first-order chi connectivity index (χ1) is 19.1. The highest BCUT2D eigenvalue weighted by Gasteiger charge is 2.33. The van der Waals surface area contributed by atoms with Gasteiger partial charge in [0, 0.05) is 5.92 Å². The number of amides is 1. The van der Waals surface area contributed by atoms with Crippen LogP contribution in [0.5, 0.6) is 0 Å². The summed E-state index contributed by atoms with van der Waals surface area (Å²) < 4.78 is 40.5. The van der Waals surface area contributed by atoms with Crippen LogP contribution in [0.2, 0.25) is 0 Å². The number of alkyl carbamates (subject to hydrolysis) is 1. The molecule has 1 unspecified atom stereocenters. The normalized spacial score (nSPS) is 14.8. The molecule has 0 radical (unpaired) electrons. The molecule has 1 aliphatic carbocycles. The summed E-state index contributed by atoms with van der Waals surface area (Å²) in [5.41, 5.74) is 4.28. The van der Waals surface area contributed by atoms with Crippen molar-refractivity contribution >= 4 is 19.9 Å². The molecule has 0 aromatic heterocycles. The van der Waals surface area contributed by atoms with Crippen LogP contribution < -0.4 is 5.32 Å². The number of carbonyl (C=O) groups is 2. The fourth-order valence-electron chi connectivity index (χ4n) is 4.04. The molecule has 0 heterocycles. The van der Waals surface area contributed by atoms with Crippen LogP contribution in [0.3, 0.4) is 0 Å². The summed E-state index contributed by atoms with van der Waals surface area (Å²) in [6.07, 6.45) is 1.91. The van der Waals surface area contributed by atoms with E-state index >= 15 is 0 Å². The Morgan fingerprint density at radius 3 is 2.10 bits per heavy atom. The van der Waals surface area contributed by atoms with E-state index in [1.54, 1.807) is 0 Å². The molecule has 1 aliphatic rings. The number of esters is 1. The molecule has 40 heavy (non-hydrogen) atoms. The highest BCUT2D eigenvalue weighted by atomic mass is 31.2. The Bertz CT molecular complexity index is 1200. The maximum absolute atomic E-state index is 13.2. The molecule has 10 nitrogen and oxygen atoms in total. The van der Waals surface area contributed by atoms with E-state index in [-0.39, 0.29) is 32.3 Å². The van der Waals surface area contributed by atoms with Crippen molar-refractivity contribution in [2.24, 2.45) is 0 Å². The number of hydrogen-bond donors (Lipinski definition) is 1. The van der Waals surface area contributed by atoms with Crippen molar-refractivity contribution in [1.29, 1.82) is 0 Å². The number of likely N-dealkylation sites (N-methyl/N-ethyl adjacent to an activating group) is 1. The minimum atomic E-state index is -4.09. The lowest BCUT2D eigenvalue weighted by Gasteiger charge is -2.25. The molecular weight excluding hydrogens is 535 g/mol. The SMILES string of the molecule is C=CCOC(=O)[C@H](COP(=O)(OCC=C)OCC[N+](C)(C)C)NC(=O)OCC1c2ccccc2-c2ccccc21. The Hall–Kier alpha value is -3.27. The summed E-state index contributed by atoms with van der Waals surface area (Å²) >= 11 is 0. The molecule has 0 fully saturated rings. The van der Waals surface area contributed by atoms with Crippen LogP contribution in [0.4, 0.5) is 4.79 Å². The predicted octanol–water partition coefficient (Wildman–Crippen LogP) is 4.67. The van der Waals surface area contributed by atoms with Crippen LogP contribution in [-0.4, -0.2) is 83.3 Å². The number of carbonyl (C=O) groups excluding carboxylic acids is 2. The van der Waals surface area contributed by atoms with Crippen molar-refractivity contribution in [2.75, 3.05) is 60.7 Å². The average molecular weight is 574 g/mol. The van der Waals surface area contributed by atoms with Gasteiger partial charge in [-0.25, -0.2) is 14.2 Å². The maximum atomic E-state index is 13.2. The number of quaternary nitrogens is 1. The molecule has 0 spiro atoms. The number of fused-ring (bicyclic) bond motifs is 3. The van der Waals surface area contributed by atoms with Crippen LogP contribution >= 0.6 is 7.82 Å². The lowest BCUT2D eigenvalue weighted by atomic mass is 9.98. The van der Waals surface area contributed by atoms with Crippen molar-refractivity contribution in [3.8, 4) is 11.1 Å². The Kier molecular flexibility index (Phi) is 11.2. The van der Waals surface area contributed by atoms with Crippen LogP contribution in [0, 0.1) is 0 Å². The monoisotopic (exact) mass is 573 g/mol. The standard InChI is InChI=1S/C29H37N2O8P/c1-6-17-35-28(32)27(21-39-40(34,37-18-7-2)38-19-16-31(3,4)5)30-29(33)36-20-26-24-14-10-8-12-22(24)23-13-9-11-15-25(23)26/h6-15,26-27H,1-2,16-21H2,3-5H3/p+1/t27-,40?/m0/s1. The maximum Gasteiger partial charge on any atom is 0.475 e. The number of nitrogens with zero attached hydrogens (tertiary/aromatic N) is 1. The largest absolute Gasteiger partial charge is 0.475 e. The molecule has 216 valence electrons. The second-order valence-electron chi connectivity index (χ2n) is 10.1. The average Bonchev–Trinajstić information content (AvgIpc) is 3.24. The van der Waals surface area contributed by atoms with Gasteiger partial charge in [-0.3, -0.25) is 13.6 Å². The molecule has 0 aliphatic heterocycles. The van der Waals surface area contributed by atoms with E-state index in [0.29, 0.717) is 11.0 Å². The van der Waals surface area contributed by atoms with E-state index < -0.39 is 32.5 Å². The van der Waals surface area contributed by atoms with Crippen molar-refractivity contribution in [1.82, 2.24) is 5.32 Å². The summed E-state index contributed by atoms with van der Waals surface area (Å²) in [4.78, 5) is 25.5. The summed E-state index contributed by atoms with van der Waals surface area (Å²) in [7, 11) is 1.75. The van der Waals surface area contributed by atoms with Crippen molar-refractivity contribution in [3.63, 3.8) is 0 Å². The minimum absolute atomic E-state index is 0.0459. The van der Waals surface area contributed by atoms with Gasteiger partial charge in [-0.1, -0.05) is 67.3 Å². The zero-order valence-corrected chi connectivity index (χ0v) is 24.1. The highest BCUT2D eigenvalue weighted by Crippen LogP contribution is 2.49. The molecule has 2 atom stereocenters. The zero-order chi connectivity index (χ0) is 29.2. The number of phosphoric ester groups is 1. The molecular formula is C29H38N2O8P+. The third-order valence-electron chi connectivity index (χ3n) is 6.03. The van der Waals surface area contributed by atoms with Gasteiger partial charge in [-0.15, -0.1) is 6.58 Å². The van der Waals surface area contributed by atoms with E-state index in [9.17, 15) is 14.2 Å². The van der Waals surface area contributed by atoms with Crippen LogP contribution in [0.25, 0.3) is 11.1 Å². The van der Waals surface area contributed by atoms with E-state index in [0.717, 1.165) is 22.3 Å². The molecule has 2 aromatic carbocycles. The van der Waals surface area contributed by atoms with Crippen molar-refractivity contribution in [3.05, 3.63) is 85.0 Å². The van der Waals surface area contributed by atoms with Gasteiger partial charge in [0.15, 0.2) is 6.04 Å².